The number of nitrogens with zero attached hydrogens (tertiary/aromatic N) is 2. The molecule has 2 heterocycles. The zero-order chi connectivity index (χ0) is 14.5. The van der Waals surface area contributed by atoms with Gasteiger partial charge in [0.25, 0.3) is 0 Å². The average molecular weight is 295 g/mol. The molecule has 3 aliphatic rings. The van der Waals surface area contributed by atoms with Gasteiger partial charge in [-0.05, 0) is 38.8 Å². The summed E-state index contributed by atoms with van der Waals surface area (Å²) in [5.41, 5.74) is 0. The predicted octanol–water partition coefficient (Wildman–Crippen LogP) is 1.56. The van der Waals surface area contributed by atoms with Crippen molar-refractivity contribution >= 4 is 0 Å². The summed E-state index contributed by atoms with van der Waals surface area (Å²) in [7, 11) is 2.37. The number of ether oxygens (including phenoxy) is 1. The van der Waals surface area contributed by atoms with Gasteiger partial charge in [-0.3, -0.25) is 4.90 Å². The van der Waals surface area contributed by atoms with Gasteiger partial charge in [-0.2, -0.15) is 0 Å². The van der Waals surface area contributed by atoms with Gasteiger partial charge in [0.1, 0.15) is 0 Å². The van der Waals surface area contributed by atoms with Crippen molar-refractivity contribution in [2.45, 2.75) is 50.6 Å². The topological polar surface area (TPSA) is 27.7 Å². The van der Waals surface area contributed by atoms with E-state index < -0.39 is 0 Å². The Bertz CT molecular complexity index is 300. The molecular formula is C17H33N3O. The number of hydrogen-bond acceptors (Lipinski definition) is 4. The Morgan fingerprint density at radius 1 is 1.10 bits per heavy atom. The molecule has 4 nitrogen and oxygen atoms in total. The van der Waals surface area contributed by atoms with Crippen molar-refractivity contribution < 1.29 is 4.74 Å². The highest BCUT2D eigenvalue weighted by Gasteiger charge is 2.32. The highest BCUT2D eigenvalue weighted by atomic mass is 16.5. The first kappa shape index (κ1) is 15.7. The second kappa shape index (κ2) is 7.91. The Morgan fingerprint density at radius 2 is 1.86 bits per heavy atom. The van der Waals surface area contributed by atoms with E-state index in [0.29, 0.717) is 6.04 Å². The number of piperidine rings is 1. The van der Waals surface area contributed by atoms with Crippen molar-refractivity contribution in [3.63, 3.8) is 0 Å². The maximum absolute atomic E-state index is 5.53. The summed E-state index contributed by atoms with van der Waals surface area (Å²) in [5, 5.41) is 3.61. The van der Waals surface area contributed by atoms with E-state index in [0.717, 1.165) is 38.3 Å². The molecule has 0 radical (unpaired) electrons. The summed E-state index contributed by atoms with van der Waals surface area (Å²) < 4.78 is 5.53. The molecule has 2 aliphatic heterocycles. The fourth-order valence-corrected chi connectivity index (χ4v) is 4.49. The van der Waals surface area contributed by atoms with E-state index in [4.69, 9.17) is 4.74 Å². The molecule has 3 rings (SSSR count). The zero-order valence-corrected chi connectivity index (χ0v) is 13.7. The first-order valence-corrected chi connectivity index (χ1v) is 9.07. The van der Waals surface area contributed by atoms with Crippen molar-refractivity contribution in [3.8, 4) is 0 Å². The van der Waals surface area contributed by atoms with E-state index in [1.807, 2.05) is 0 Å². The summed E-state index contributed by atoms with van der Waals surface area (Å²) in [6, 6.07) is 1.56. The average Bonchev–Trinajstić information content (AvgIpc) is 2.57. The number of morpholine rings is 1. The van der Waals surface area contributed by atoms with Crippen LogP contribution < -0.4 is 5.32 Å². The molecule has 122 valence electrons. The number of rotatable bonds is 4. The van der Waals surface area contributed by atoms with Crippen LogP contribution in [0.2, 0.25) is 0 Å². The van der Waals surface area contributed by atoms with Crippen LogP contribution >= 0.6 is 0 Å². The van der Waals surface area contributed by atoms with Gasteiger partial charge in [0.2, 0.25) is 0 Å². The third-order valence-electron chi connectivity index (χ3n) is 5.82. The molecule has 3 fully saturated rings. The molecular weight excluding hydrogens is 262 g/mol. The van der Waals surface area contributed by atoms with E-state index in [-0.39, 0.29) is 0 Å². The van der Waals surface area contributed by atoms with Gasteiger partial charge < -0.3 is 15.0 Å². The standard InChI is InChI=1S/C17H33N3O/c1-19(16-5-3-2-4-6-16)14-15-7-8-18-13-17(15)20-9-11-21-12-10-20/h15-18H,2-14H2,1H3. The summed E-state index contributed by atoms with van der Waals surface area (Å²) >= 11 is 0. The van der Waals surface area contributed by atoms with E-state index in [2.05, 4.69) is 22.2 Å². The van der Waals surface area contributed by atoms with Crippen LogP contribution in [0.3, 0.4) is 0 Å². The lowest BCUT2D eigenvalue weighted by Crippen LogP contribution is -2.57. The van der Waals surface area contributed by atoms with Crippen molar-refractivity contribution in [2.75, 3.05) is 53.0 Å². The summed E-state index contributed by atoms with van der Waals surface area (Å²) in [4.78, 5) is 5.36. The van der Waals surface area contributed by atoms with E-state index >= 15 is 0 Å². The SMILES string of the molecule is CN(CC1CCNCC1N1CCOCC1)C1CCCCC1. The second-order valence-electron chi connectivity index (χ2n) is 7.20. The summed E-state index contributed by atoms with van der Waals surface area (Å²) in [5.74, 6) is 0.830. The molecule has 2 saturated heterocycles. The maximum Gasteiger partial charge on any atom is 0.0594 e. The van der Waals surface area contributed by atoms with Crippen molar-refractivity contribution in [1.29, 1.82) is 0 Å². The summed E-state index contributed by atoms with van der Waals surface area (Å²) in [6.07, 6.45) is 8.50. The Balaban J connectivity index is 1.55. The molecule has 0 aromatic rings. The maximum atomic E-state index is 5.53. The van der Waals surface area contributed by atoms with Crippen molar-refractivity contribution in [2.24, 2.45) is 5.92 Å². The smallest absolute Gasteiger partial charge is 0.0594 e. The Morgan fingerprint density at radius 3 is 2.62 bits per heavy atom. The Hall–Kier alpha value is -0.160. The minimum atomic E-state index is 0.716. The molecule has 1 saturated carbocycles. The van der Waals surface area contributed by atoms with Crippen LogP contribution in [0.1, 0.15) is 38.5 Å². The molecule has 2 atom stereocenters. The van der Waals surface area contributed by atoms with Crippen LogP contribution in [0, 0.1) is 5.92 Å². The normalized spacial score (nSPS) is 33.4. The summed E-state index contributed by atoms with van der Waals surface area (Å²) in [6.45, 7) is 7.73. The van der Waals surface area contributed by atoms with Crippen LogP contribution in [0.25, 0.3) is 0 Å². The van der Waals surface area contributed by atoms with E-state index in [9.17, 15) is 0 Å². The van der Waals surface area contributed by atoms with Crippen LogP contribution in [-0.4, -0.2) is 74.9 Å². The molecule has 0 aromatic carbocycles. The molecule has 0 aromatic heterocycles. The van der Waals surface area contributed by atoms with Gasteiger partial charge in [0.05, 0.1) is 13.2 Å². The highest BCUT2D eigenvalue weighted by Crippen LogP contribution is 2.25. The molecule has 4 heteroatoms. The fraction of sp³-hybridized carbons (Fsp3) is 1.00. The molecule has 0 bridgehead atoms. The van der Waals surface area contributed by atoms with Gasteiger partial charge in [0, 0.05) is 38.3 Å². The Labute approximate surface area is 130 Å². The lowest BCUT2D eigenvalue weighted by Gasteiger charge is -2.44. The van der Waals surface area contributed by atoms with Crippen molar-refractivity contribution in [3.05, 3.63) is 0 Å². The minimum absolute atomic E-state index is 0.716. The van der Waals surface area contributed by atoms with Crippen LogP contribution in [0.5, 0.6) is 0 Å². The second-order valence-corrected chi connectivity index (χ2v) is 7.20. The highest BCUT2D eigenvalue weighted by molar-refractivity contribution is 4.89. The van der Waals surface area contributed by atoms with Gasteiger partial charge in [0.15, 0.2) is 0 Å². The Kier molecular flexibility index (Phi) is 5.92. The lowest BCUT2D eigenvalue weighted by molar-refractivity contribution is -0.0101. The molecule has 1 N–H and O–H groups in total. The molecule has 0 amide bonds. The van der Waals surface area contributed by atoms with Crippen LogP contribution in [0.4, 0.5) is 0 Å². The van der Waals surface area contributed by atoms with Gasteiger partial charge in [-0.25, -0.2) is 0 Å². The first-order valence-electron chi connectivity index (χ1n) is 9.07. The molecule has 2 unspecified atom stereocenters. The van der Waals surface area contributed by atoms with Gasteiger partial charge in [-0.15, -0.1) is 0 Å². The quantitative estimate of drug-likeness (QED) is 0.852. The first-order chi connectivity index (χ1) is 10.3. The monoisotopic (exact) mass is 295 g/mol. The van der Waals surface area contributed by atoms with E-state index in [1.54, 1.807) is 0 Å². The number of hydrogen-bond donors (Lipinski definition) is 1. The van der Waals surface area contributed by atoms with Gasteiger partial charge in [-0.1, -0.05) is 19.3 Å². The predicted molar refractivity (Wildman–Crippen MR) is 86.7 cm³/mol. The number of nitrogens with one attached hydrogen (secondary N) is 1. The van der Waals surface area contributed by atoms with Gasteiger partial charge >= 0.3 is 0 Å². The molecule has 21 heavy (non-hydrogen) atoms. The third-order valence-corrected chi connectivity index (χ3v) is 5.82. The van der Waals surface area contributed by atoms with Crippen LogP contribution in [-0.2, 0) is 4.74 Å². The van der Waals surface area contributed by atoms with E-state index in [1.165, 1.54) is 58.2 Å². The zero-order valence-electron chi connectivity index (χ0n) is 13.7. The largest absolute Gasteiger partial charge is 0.379 e. The van der Waals surface area contributed by atoms with Crippen LogP contribution in [0.15, 0.2) is 0 Å². The lowest BCUT2D eigenvalue weighted by atomic mass is 9.88. The molecule has 0 spiro atoms. The molecule has 1 aliphatic carbocycles. The third kappa shape index (κ3) is 4.19. The minimum Gasteiger partial charge on any atom is -0.379 e. The van der Waals surface area contributed by atoms with Crippen molar-refractivity contribution in [1.82, 2.24) is 15.1 Å². The fourth-order valence-electron chi connectivity index (χ4n) is 4.49.